The molecule has 0 radical (unpaired) electrons. The van der Waals surface area contributed by atoms with Gasteiger partial charge in [0, 0.05) is 19.0 Å². The van der Waals surface area contributed by atoms with E-state index in [9.17, 15) is 13.2 Å². The van der Waals surface area contributed by atoms with E-state index in [0.29, 0.717) is 18.9 Å². The Balaban J connectivity index is 1.98. The summed E-state index contributed by atoms with van der Waals surface area (Å²) >= 11 is 0. The molecule has 1 fully saturated rings. The molecule has 3 rings (SSSR count). The molecule has 0 spiro atoms. The molecule has 1 aromatic heterocycles. The number of rotatable bonds is 3. The first-order valence-electron chi connectivity index (χ1n) is 7.14. The zero-order valence-electron chi connectivity index (χ0n) is 12.3. The quantitative estimate of drug-likeness (QED) is 0.901. The molecule has 0 amide bonds. The van der Waals surface area contributed by atoms with Crippen LogP contribution in [0.5, 0.6) is 0 Å². The predicted molar refractivity (Wildman–Crippen MR) is 82.6 cm³/mol. The zero-order valence-corrected chi connectivity index (χ0v) is 13.1. The summed E-state index contributed by atoms with van der Waals surface area (Å²) < 4.78 is 26.5. The number of hydrogen-bond acceptors (Lipinski definition) is 4. The molecule has 1 atom stereocenters. The summed E-state index contributed by atoms with van der Waals surface area (Å²) in [5.41, 5.74) is 0.422. The first-order chi connectivity index (χ1) is 10.5. The second kappa shape index (κ2) is 5.69. The molecule has 0 unspecified atom stereocenters. The fourth-order valence-corrected chi connectivity index (χ4v) is 3.78. The van der Waals surface area contributed by atoms with Crippen molar-refractivity contribution < 1.29 is 8.42 Å². The van der Waals surface area contributed by atoms with Crippen LogP contribution in [0, 0.1) is 0 Å². The highest BCUT2D eigenvalue weighted by atomic mass is 32.2. The molecule has 0 bridgehead atoms. The summed E-state index contributed by atoms with van der Waals surface area (Å²) in [7, 11) is -3.23. The average molecular weight is 322 g/mol. The second-order valence-corrected chi connectivity index (χ2v) is 7.50. The van der Waals surface area contributed by atoms with E-state index in [-0.39, 0.29) is 11.6 Å². The van der Waals surface area contributed by atoms with Crippen LogP contribution >= 0.6 is 0 Å². The maximum atomic E-state index is 12.1. The molecular formula is C14H18N4O3S. The lowest BCUT2D eigenvalue weighted by molar-refractivity contribution is 0.309. The first-order valence-corrected chi connectivity index (χ1v) is 8.99. The van der Waals surface area contributed by atoms with Crippen molar-refractivity contribution in [1.82, 2.24) is 19.1 Å². The molecule has 1 aromatic carbocycles. The van der Waals surface area contributed by atoms with E-state index in [0.717, 1.165) is 18.5 Å². The normalized spacial score (nSPS) is 20.1. The van der Waals surface area contributed by atoms with Gasteiger partial charge in [-0.25, -0.2) is 27.2 Å². The fraction of sp³-hybridized carbons (Fsp3) is 0.429. The Morgan fingerprint density at radius 2 is 2.00 bits per heavy atom. The van der Waals surface area contributed by atoms with Gasteiger partial charge in [0.15, 0.2) is 0 Å². The Kier molecular flexibility index (Phi) is 3.88. The molecule has 1 N–H and O–H groups in total. The van der Waals surface area contributed by atoms with Gasteiger partial charge in [-0.15, -0.1) is 0 Å². The molecule has 1 aliphatic rings. The first kappa shape index (κ1) is 15.0. The SMILES string of the molecule is CS(=O)(=O)N1CCC[C@H](c2n[nH]c(=O)n2-c2ccccc2)C1. The molecule has 2 aromatic rings. The van der Waals surface area contributed by atoms with Crippen molar-refractivity contribution in [3.63, 3.8) is 0 Å². The van der Waals surface area contributed by atoms with Gasteiger partial charge < -0.3 is 0 Å². The van der Waals surface area contributed by atoms with E-state index in [4.69, 9.17) is 0 Å². The molecule has 7 nitrogen and oxygen atoms in total. The predicted octanol–water partition coefficient (Wildman–Crippen LogP) is 0.700. The van der Waals surface area contributed by atoms with Crippen LogP contribution < -0.4 is 5.69 Å². The summed E-state index contributed by atoms with van der Waals surface area (Å²) in [5, 5.41) is 6.61. The zero-order chi connectivity index (χ0) is 15.7. The van der Waals surface area contributed by atoms with Crippen molar-refractivity contribution in [2.45, 2.75) is 18.8 Å². The van der Waals surface area contributed by atoms with Gasteiger partial charge >= 0.3 is 5.69 Å². The van der Waals surface area contributed by atoms with E-state index in [1.54, 1.807) is 0 Å². The maximum absolute atomic E-state index is 12.1. The minimum absolute atomic E-state index is 0.0948. The fourth-order valence-electron chi connectivity index (χ4n) is 2.86. The van der Waals surface area contributed by atoms with Crippen LogP contribution in [0.15, 0.2) is 35.1 Å². The molecule has 2 heterocycles. The number of aromatic nitrogens is 3. The van der Waals surface area contributed by atoms with Crippen molar-refractivity contribution in [2.24, 2.45) is 0 Å². The third kappa shape index (κ3) is 2.84. The van der Waals surface area contributed by atoms with E-state index in [1.807, 2.05) is 30.3 Å². The third-order valence-corrected chi connectivity index (χ3v) is 5.20. The Hall–Kier alpha value is -1.93. The van der Waals surface area contributed by atoms with Gasteiger partial charge in [-0.2, -0.15) is 5.10 Å². The van der Waals surface area contributed by atoms with Crippen LogP contribution in [-0.4, -0.2) is 46.8 Å². The molecule has 8 heteroatoms. The Morgan fingerprint density at radius 3 is 2.68 bits per heavy atom. The average Bonchev–Trinajstić information content (AvgIpc) is 2.89. The number of aromatic amines is 1. The van der Waals surface area contributed by atoms with Gasteiger partial charge in [-0.1, -0.05) is 18.2 Å². The van der Waals surface area contributed by atoms with Crippen molar-refractivity contribution in [3.8, 4) is 5.69 Å². The summed E-state index contributed by atoms with van der Waals surface area (Å²) in [5.74, 6) is 0.493. The van der Waals surface area contributed by atoms with Gasteiger partial charge in [0.05, 0.1) is 11.9 Å². The molecule has 1 saturated heterocycles. The number of sulfonamides is 1. The maximum Gasteiger partial charge on any atom is 0.347 e. The largest absolute Gasteiger partial charge is 0.347 e. The Morgan fingerprint density at radius 1 is 1.27 bits per heavy atom. The van der Waals surface area contributed by atoms with Crippen LogP contribution in [0.2, 0.25) is 0 Å². The highest BCUT2D eigenvalue weighted by molar-refractivity contribution is 7.88. The lowest BCUT2D eigenvalue weighted by atomic mass is 9.98. The van der Waals surface area contributed by atoms with Crippen molar-refractivity contribution >= 4 is 10.0 Å². The van der Waals surface area contributed by atoms with Crippen molar-refractivity contribution in [3.05, 3.63) is 46.6 Å². The molecule has 1 aliphatic heterocycles. The monoisotopic (exact) mass is 322 g/mol. The number of hydrogen-bond donors (Lipinski definition) is 1. The van der Waals surface area contributed by atoms with E-state index in [2.05, 4.69) is 10.2 Å². The second-order valence-electron chi connectivity index (χ2n) is 5.52. The summed E-state index contributed by atoms with van der Waals surface area (Å²) in [6, 6.07) is 9.24. The van der Waals surface area contributed by atoms with E-state index >= 15 is 0 Å². The number of nitrogens with zero attached hydrogens (tertiary/aromatic N) is 3. The number of para-hydroxylation sites is 1. The lowest BCUT2D eigenvalue weighted by Crippen LogP contribution is -2.39. The van der Waals surface area contributed by atoms with Gasteiger partial charge in [0.1, 0.15) is 5.82 Å². The van der Waals surface area contributed by atoms with Crippen LogP contribution in [-0.2, 0) is 10.0 Å². The minimum atomic E-state index is -3.23. The summed E-state index contributed by atoms with van der Waals surface area (Å²) in [4.78, 5) is 12.1. The highest BCUT2D eigenvalue weighted by Gasteiger charge is 2.30. The van der Waals surface area contributed by atoms with Gasteiger partial charge in [-0.05, 0) is 25.0 Å². The van der Waals surface area contributed by atoms with E-state index < -0.39 is 10.0 Å². The number of benzene rings is 1. The number of nitrogens with one attached hydrogen (secondary N) is 1. The van der Waals surface area contributed by atoms with Crippen molar-refractivity contribution in [2.75, 3.05) is 19.3 Å². The Bertz CT molecular complexity index is 810. The van der Waals surface area contributed by atoms with Gasteiger partial charge in [0.25, 0.3) is 0 Å². The van der Waals surface area contributed by atoms with Gasteiger partial charge in [-0.3, -0.25) is 0 Å². The molecular weight excluding hydrogens is 304 g/mol. The highest BCUT2D eigenvalue weighted by Crippen LogP contribution is 2.27. The number of piperidine rings is 1. The van der Waals surface area contributed by atoms with Crippen LogP contribution in [0.4, 0.5) is 0 Å². The number of H-pyrrole nitrogens is 1. The molecule has 0 saturated carbocycles. The Labute approximate surface area is 128 Å². The third-order valence-electron chi connectivity index (χ3n) is 3.93. The van der Waals surface area contributed by atoms with Crippen LogP contribution in [0.25, 0.3) is 5.69 Å². The minimum Gasteiger partial charge on any atom is -0.247 e. The lowest BCUT2D eigenvalue weighted by Gasteiger charge is -2.30. The van der Waals surface area contributed by atoms with Crippen LogP contribution in [0.1, 0.15) is 24.6 Å². The molecule has 118 valence electrons. The smallest absolute Gasteiger partial charge is 0.247 e. The molecule has 22 heavy (non-hydrogen) atoms. The topological polar surface area (TPSA) is 88.1 Å². The molecule has 0 aliphatic carbocycles. The summed E-state index contributed by atoms with van der Waals surface area (Å²) in [6.07, 6.45) is 2.78. The van der Waals surface area contributed by atoms with E-state index in [1.165, 1.54) is 15.1 Å². The standard InChI is InChI=1S/C14H18N4O3S/c1-22(20,21)17-9-5-6-11(10-17)13-15-16-14(19)18(13)12-7-3-2-4-8-12/h2-4,7-8,11H,5-6,9-10H2,1H3,(H,16,19)/t11-/m0/s1. The van der Waals surface area contributed by atoms with Crippen LogP contribution in [0.3, 0.4) is 0 Å². The summed E-state index contributed by atoms with van der Waals surface area (Å²) in [6.45, 7) is 0.880. The van der Waals surface area contributed by atoms with Gasteiger partial charge in [0.2, 0.25) is 10.0 Å². The van der Waals surface area contributed by atoms with Crippen molar-refractivity contribution in [1.29, 1.82) is 0 Å².